The first-order valence-electron chi connectivity index (χ1n) is 6.12. The highest BCUT2D eigenvalue weighted by atomic mass is 32.1. The summed E-state index contributed by atoms with van der Waals surface area (Å²) in [6, 6.07) is 7.04. The summed E-state index contributed by atoms with van der Waals surface area (Å²) in [6.07, 6.45) is 1.52. The van der Waals surface area contributed by atoms with Gasteiger partial charge in [-0.2, -0.15) is 0 Å². The molecule has 1 atom stereocenters. The molecule has 1 aromatic carbocycles. The minimum absolute atomic E-state index is 0.258. The van der Waals surface area contributed by atoms with Gasteiger partial charge in [-0.15, -0.1) is 11.3 Å². The maximum atomic E-state index is 13.7. The van der Waals surface area contributed by atoms with Gasteiger partial charge in [0.1, 0.15) is 11.6 Å². The Morgan fingerprint density at radius 3 is 2.58 bits per heavy atom. The lowest BCUT2D eigenvalue weighted by Crippen LogP contribution is -2.30. The van der Waals surface area contributed by atoms with E-state index in [9.17, 15) is 8.78 Å². The summed E-state index contributed by atoms with van der Waals surface area (Å²) >= 11 is 1.67. The van der Waals surface area contributed by atoms with E-state index in [2.05, 4.69) is 18.4 Å². The van der Waals surface area contributed by atoms with E-state index in [1.54, 1.807) is 11.3 Å². The van der Waals surface area contributed by atoms with Crippen molar-refractivity contribution in [3.05, 3.63) is 57.3 Å². The fourth-order valence-corrected chi connectivity index (χ4v) is 2.97. The van der Waals surface area contributed by atoms with Crippen LogP contribution in [0.3, 0.4) is 0 Å². The Balaban J connectivity index is 2.22. The van der Waals surface area contributed by atoms with E-state index in [-0.39, 0.29) is 5.56 Å². The van der Waals surface area contributed by atoms with Crippen molar-refractivity contribution >= 4 is 11.3 Å². The number of thiophene rings is 1. The Morgan fingerprint density at radius 1 is 1.21 bits per heavy atom. The van der Waals surface area contributed by atoms with Crippen LogP contribution in [0.25, 0.3) is 0 Å². The van der Waals surface area contributed by atoms with E-state index >= 15 is 0 Å². The molecule has 0 bridgehead atoms. The predicted octanol–water partition coefficient (Wildman–Crippen LogP) is 3.34. The summed E-state index contributed by atoms with van der Waals surface area (Å²) in [5.41, 5.74) is 2.82. The molecule has 1 heterocycles. The first-order valence-corrected chi connectivity index (χ1v) is 6.94. The first kappa shape index (κ1) is 14.1. The number of nitrogens with two attached hydrogens (primary N) is 1. The van der Waals surface area contributed by atoms with Gasteiger partial charge in [-0.3, -0.25) is 11.3 Å². The number of halogens is 2. The molecule has 0 radical (unpaired) electrons. The van der Waals surface area contributed by atoms with Crippen LogP contribution >= 0.6 is 11.3 Å². The van der Waals surface area contributed by atoms with Gasteiger partial charge in [0.25, 0.3) is 0 Å². The molecule has 0 aliphatic carbocycles. The lowest BCUT2D eigenvalue weighted by atomic mass is 10.0. The summed E-state index contributed by atoms with van der Waals surface area (Å²) < 4.78 is 26.9. The maximum absolute atomic E-state index is 13.7. The van der Waals surface area contributed by atoms with Crippen LogP contribution < -0.4 is 11.3 Å². The molecule has 0 saturated heterocycles. The summed E-state index contributed by atoms with van der Waals surface area (Å²) in [5, 5.41) is 0. The predicted molar refractivity (Wildman–Crippen MR) is 73.8 cm³/mol. The molecule has 5 heteroatoms. The number of benzene rings is 1. The van der Waals surface area contributed by atoms with Gasteiger partial charge in [0.2, 0.25) is 0 Å². The summed E-state index contributed by atoms with van der Waals surface area (Å²) in [5.74, 6) is 4.57. The topological polar surface area (TPSA) is 38.0 Å². The average molecular weight is 282 g/mol. The molecular formula is C14H16F2N2S. The highest BCUT2D eigenvalue weighted by Gasteiger charge is 2.16. The largest absolute Gasteiger partial charge is 0.271 e. The van der Waals surface area contributed by atoms with Crippen LogP contribution in [0, 0.1) is 11.6 Å². The molecule has 0 saturated carbocycles. The van der Waals surface area contributed by atoms with Gasteiger partial charge < -0.3 is 0 Å². The van der Waals surface area contributed by atoms with Crippen molar-refractivity contribution in [1.29, 1.82) is 0 Å². The number of aryl methyl sites for hydroxylation is 1. The third kappa shape index (κ3) is 3.37. The van der Waals surface area contributed by atoms with E-state index < -0.39 is 17.7 Å². The number of rotatable bonds is 5. The van der Waals surface area contributed by atoms with Crippen LogP contribution in [0.2, 0.25) is 0 Å². The molecule has 19 heavy (non-hydrogen) atoms. The molecule has 0 fully saturated rings. The van der Waals surface area contributed by atoms with Crippen molar-refractivity contribution in [3.63, 3.8) is 0 Å². The van der Waals surface area contributed by atoms with Crippen LogP contribution in [0.4, 0.5) is 8.78 Å². The van der Waals surface area contributed by atoms with Gasteiger partial charge >= 0.3 is 0 Å². The SMILES string of the molecule is CCc1ccc(CC(NN)c2cc(F)ccc2F)s1. The van der Waals surface area contributed by atoms with Crippen LogP contribution in [0.1, 0.15) is 28.3 Å². The second kappa shape index (κ2) is 6.23. The van der Waals surface area contributed by atoms with E-state index in [4.69, 9.17) is 5.84 Å². The normalized spacial score (nSPS) is 12.6. The fourth-order valence-electron chi connectivity index (χ4n) is 1.96. The van der Waals surface area contributed by atoms with Gasteiger partial charge in [-0.05, 0) is 36.8 Å². The van der Waals surface area contributed by atoms with Gasteiger partial charge in [-0.1, -0.05) is 6.92 Å². The van der Waals surface area contributed by atoms with Crippen molar-refractivity contribution in [2.24, 2.45) is 5.84 Å². The number of nitrogens with one attached hydrogen (secondary N) is 1. The molecule has 0 amide bonds. The lowest BCUT2D eigenvalue weighted by molar-refractivity contribution is 0.504. The third-order valence-electron chi connectivity index (χ3n) is 3.01. The zero-order valence-corrected chi connectivity index (χ0v) is 11.4. The molecular weight excluding hydrogens is 266 g/mol. The molecule has 0 spiro atoms. The minimum Gasteiger partial charge on any atom is -0.271 e. The van der Waals surface area contributed by atoms with Gasteiger partial charge in [0.05, 0.1) is 6.04 Å². The van der Waals surface area contributed by atoms with E-state index in [0.29, 0.717) is 6.42 Å². The Bertz CT molecular complexity index is 554. The van der Waals surface area contributed by atoms with Crippen molar-refractivity contribution < 1.29 is 8.78 Å². The fraction of sp³-hybridized carbons (Fsp3) is 0.286. The quantitative estimate of drug-likeness (QED) is 0.652. The highest BCUT2D eigenvalue weighted by molar-refractivity contribution is 7.11. The third-order valence-corrected chi connectivity index (χ3v) is 4.26. The zero-order chi connectivity index (χ0) is 13.8. The number of hydrogen-bond acceptors (Lipinski definition) is 3. The van der Waals surface area contributed by atoms with Crippen molar-refractivity contribution in [3.8, 4) is 0 Å². The Labute approximate surface area is 115 Å². The monoisotopic (exact) mass is 282 g/mol. The molecule has 0 aliphatic rings. The van der Waals surface area contributed by atoms with Crippen molar-refractivity contribution in [2.75, 3.05) is 0 Å². The number of hydrogen-bond donors (Lipinski definition) is 2. The Hall–Kier alpha value is -1.30. The molecule has 2 aromatic rings. The lowest BCUT2D eigenvalue weighted by Gasteiger charge is -2.16. The second-order valence-corrected chi connectivity index (χ2v) is 5.56. The molecule has 1 unspecified atom stereocenters. The van der Waals surface area contributed by atoms with Crippen LogP contribution in [0.15, 0.2) is 30.3 Å². The number of hydrazine groups is 1. The summed E-state index contributed by atoms with van der Waals surface area (Å²) in [7, 11) is 0. The van der Waals surface area contributed by atoms with E-state index in [1.807, 2.05) is 6.07 Å². The summed E-state index contributed by atoms with van der Waals surface area (Å²) in [4.78, 5) is 2.37. The van der Waals surface area contributed by atoms with E-state index in [0.717, 1.165) is 23.4 Å². The van der Waals surface area contributed by atoms with Crippen LogP contribution in [0.5, 0.6) is 0 Å². The van der Waals surface area contributed by atoms with E-state index in [1.165, 1.54) is 10.9 Å². The van der Waals surface area contributed by atoms with Gasteiger partial charge in [0.15, 0.2) is 0 Å². The van der Waals surface area contributed by atoms with Gasteiger partial charge in [0, 0.05) is 21.7 Å². The van der Waals surface area contributed by atoms with Crippen LogP contribution in [-0.2, 0) is 12.8 Å². The average Bonchev–Trinajstić information content (AvgIpc) is 2.87. The Kier molecular flexibility index (Phi) is 4.63. The zero-order valence-electron chi connectivity index (χ0n) is 10.6. The minimum atomic E-state index is -0.461. The molecule has 2 rings (SSSR count). The molecule has 3 N–H and O–H groups in total. The van der Waals surface area contributed by atoms with Crippen molar-refractivity contribution in [1.82, 2.24) is 5.43 Å². The maximum Gasteiger partial charge on any atom is 0.128 e. The van der Waals surface area contributed by atoms with Crippen LogP contribution in [-0.4, -0.2) is 0 Å². The standard InChI is InChI=1S/C14H16F2N2S/c1-2-10-4-5-11(19-10)8-14(18-17)12-7-9(15)3-6-13(12)16/h3-7,14,18H,2,8,17H2,1H3. The summed E-state index contributed by atoms with van der Waals surface area (Å²) in [6.45, 7) is 2.08. The smallest absolute Gasteiger partial charge is 0.128 e. The second-order valence-electron chi connectivity index (χ2n) is 4.31. The molecule has 2 nitrogen and oxygen atoms in total. The molecule has 1 aromatic heterocycles. The molecule has 102 valence electrons. The first-order chi connectivity index (χ1) is 9.13. The molecule has 0 aliphatic heterocycles. The van der Waals surface area contributed by atoms with Crippen molar-refractivity contribution in [2.45, 2.75) is 25.8 Å². The Morgan fingerprint density at radius 2 is 1.95 bits per heavy atom. The van der Waals surface area contributed by atoms with Gasteiger partial charge in [-0.25, -0.2) is 8.78 Å². The highest BCUT2D eigenvalue weighted by Crippen LogP contribution is 2.25.